The first-order valence-corrected chi connectivity index (χ1v) is 13.4. The van der Waals surface area contributed by atoms with E-state index in [4.69, 9.17) is 9.47 Å². The molecule has 152 valence electrons. The zero-order chi connectivity index (χ0) is 20.0. The monoisotopic (exact) mass is 382 g/mol. The van der Waals surface area contributed by atoms with Crippen LogP contribution < -0.4 is 0 Å². The van der Waals surface area contributed by atoms with Crippen LogP contribution in [0, 0.1) is 5.92 Å². The largest absolute Gasteiger partial charge is 0.469 e. The van der Waals surface area contributed by atoms with Gasteiger partial charge in [-0.2, -0.15) is 0 Å². The summed E-state index contributed by atoms with van der Waals surface area (Å²) in [5, 5.41) is 12.5. The molecule has 26 heavy (non-hydrogen) atoms. The first-order chi connectivity index (χ1) is 12.0. The number of methoxy groups -OCH3 is 1. The minimum atomic E-state index is -1.93. The Balaban J connectivity index is 3.61. The van der Waals surface area contributed by atoms with E-state index in [0.29, 0.717) is 5.92 Å². The van der Waals surface area contributed by atoms with Gasteiger partial charge in [-0.15, -0.1) is 0 Å². The summed E-state index contributed by atoms with van der Waals surface area (Å²) < 4.78 is 11.3. The van der Waals surface area contributed by atoms with Crippen molar-refractivity contribution in [2.45, 2.75) is 103 Å². The lowest BCUT2D eigenvalue weighted by Gasteiger charge is -2.38. The lowest BCUT2D eigenvalue weighted by Crippen LogP contribution is -2.41. The smallest absolute Gasteiger partial charge is 0.188 e. The molecule has 0 aromatic carbocycles. The summed E-state index contributed by atoms with van der Waals surface area (Å²) in [5.74, 6) is 0.416. The van der Waals surface area contributed by atoms with Gasteiger partial charge in [-0.25, -0.2) is 0 Å². The highest BCUT2D eigenvalue weighted by Gasteiger charge is 2.42. The average Bonchev–Trinajstić information content (AvgIpc) is 2.60. The van der Waals surface area contributed by atoms with Gasteiger partial charge >= 0.3 is 0 Å². The molecule has 1 rings (SSSR count). The Morgan fingerprint density at radius 3 is 2.04 bits per heavy atom. The van der Waals surface area contributed by atoms with Crippen LogP contribution in [0.3, 0.4) is 0 Å². The summed E-state index contributed by atoms with van der Waals surface area (Å²) in [6.07, 6.45) is 7.54. The fourth-order valence-corrected chi connectivity index (χ4v) is 5.12. The van der Waals surface area contributed by atoms with Gasteiger partial charge < -0.3 is 14.6 Å². The third-order valence-electron chi connectivity index (χ3n) is 6.70. The van der Waals surface area contributed by atoms with Crippen molar-refractivity contribution in [3.05, 3.63) is 16.7 Å². The zero-order valence-electron chi connectivity index (χ0n) is 18.5. The molecule has 1 fully saturated rings. The molecule has 1 N–H and O–H groups in total. The van der Waals surface area contributed by atoms with Crippen LogP contribution in [-0.4, -0.2) is 32.7 Å². The van der Waals surface area contributed by atoms with Gasteiger partial charge in [0, 0.05) is 12.7 Å². The fraction of sp³-hybridized carbons (Fsp3) is 0.864. The Labute approximate surface area is 162 Å². The van der Waals surface area contributed by atoms with Gasteiger partial charge in [0.2, 0.25) is 0 Å². The summed E-state index contributed by atoms with van der Waals surface area (Å²) in [6, 6.07) is 0. The highest BCUT2D eigenvalue weighted by Crippen LogP contribution is 2.43. The van der Waals surface area contributed by atoms with Gasteiger partial charge in [0.15, 0.2) is 6.79 Å². The molecule has 0 spiro atoms. The Morgan fingerprint density at radius 2 is 1.62 bits per heavy atom. The van der Waals surface area contributed by atoms with Gasteiger partial charge in [-0.05, 0) is 36.6 Å². The van der Waals surface area contributed by atoms with Crippen molar-refractivity contribution in [3.8, 4) is 0 Å². The number of ether oxygens (including phenoxy) is 2. The van der Waals surface area contributed by atoms with E-state index in [-0.39, 0.29) is 11.8 Å². The third-order valence-corrected chi connectivity index (χ3v) is 11.9. The predicted octanol–water partition coefficient (Wildman–Crippen LogP) is 6.20. The Bertz CT molecular complexity index is 500. The van der Waals surface area contributed by atoms with Crippen molar-refractivity contribution in [3.63, 3.8) is 0 Å². The highest BCUT2D eigenvalue weighted by molar-refractivity contribution is 6.86. The number of aliphatic hydroxyl groups is 1. The molecular weight excluding hydrogens is 340 g/mol. The summed E-state index contributed by atoms with van der Waals surface area (Å²) in [4.78, 5) is 0. The summed E-state index contributed by atoms with van der Waals surface area (Å²) in [6.45, 7) is 15.9. The van der Waals surface area contributed by atoms with Crippen LogP contribution in [0.15, 0.2) is 16.7 Å². The number of rotatable bonds is 8. The zero-order valence-corrected chi connectivity index (χ0v) is 19.5. The van der Waals surface area contributed by atoms with Crippen molar-refractivity contribution in [2.75, 3.05) is 13.9 Å². The van der Waals surface area contributed by atoms with E-state index in [0.717, 1.165) is 36.6 Å². The van der Waals surface area contributed by atoms with Gasteiger partial charge in [0.25, 0.3) is 0 Å². The number of hydrogen-bond donors (Lipinski definition) is 1. The molecule has 1 saturated carbocycles. The second kappa shape index (κ2) is 9.59. The van der Waals surface area contributed by atoms with Gasteiger partial charge in [-0.3, -0.25) is 0 Å². The van der Waals surface area contributed by atoms with E-state index in [1.807, 2.05) is 0 Å². The van der Waals surface area contributed by atoms with Crippen molar-refractivity contribution in [1.82, 2.24) is 0 Å². The normalized spacial score (nSPS) is 17.0. The molecule has 4 heteroatoms. The fourth-order valence-electron chi connectivity index (χ4n) is 3.57. The Morgan fingerprint density at radius 1 is 1.08 bits per heavy atom. The molecule has 1 aliphatic rings. The van der Waals surface area contributed by atoms with Crippen molar-refractivity contribution >= 4 is 8.07 Å². The summed E-state index contributed by atoms with van der Waals surface area (Å²) >= 11 is 0. The summed E-state index contributed by atoms with van der Waals surface area (Å²) in [5.41, 5.74) is 3.99. The SMILES string of the molecule is CCC(O)(CC)C(=C=C(OCOC)[Si](C)(C)C(C)(C)C)C1CCCCC1. The lowest BCUT2D eigenvalue weighted by atomic mass is 9.75. The van der Waals surface area contributed by atoms with E-state index in [2.05, 4.69) is 53.4 Å². The van der Waals surface area contributed by atoms with E-state index < -0.39 is 13.7 Å². The molecule has 0 bridgehead atoms. The standard InChI is InChI=1S/C22H42O3Si/c1-9-22(23,10-2)19(18-14-12-11-13-15-18)16-20(25-17-24-6)26(7,8)21(3,4)5/h18,23H,9-15,17H2,1-8H3. The Hall–Kier alpha value is -0.543. The van der Waals surface area contributed by atoms with Crippen molar-refractivity contribution < 1.29 is 14.6 Å². The van der Waals surface area contributed by atoms with E-state index in [1.165, 1.54) is 19.3 Å². The maximum absolute atomic E-state index is 11.4. The van der Waals surface area contributed by atoms with Crippen LogP contribution >= 0.6 is 0 Å². The molecule has 3 nitrogen and oxygen atoms in total. The molecule has 0 aromatic heterocycles. The molecule has 0 amide bonds. The van der Waals surface area contributed by atoms with Crippen LogP contribution in [0.2, 0.25) is 18.1 Å². The number of hydrogen-bond acceptors (Lipinski definition) is 3. The highest BCUT2D eigenvalue weighted by atomic mass is 28.3. The molecule has 0 aliphatic heterocycles. The molecule has 0 atom stereocenters. The summed E-state index contributed by atoms with van der Waals surface area (Å²) in [7, 11) is -0.275. The quantitative estimate of drug-likeness (QED) is 0.235. The first kappa shape index (κ1) is 23.5. The second-order valence-corrected chi connectivity index (χ2v) is 14.6. The first-order valence-electron chi connectivity index (χ1n) is 10.4. The van der Waals surface area contributed by atoms with E-state index >= 15 is 0 Å². The molecular formula is C22H42O3Si. The molecule has 0 heterocycles. The predicted molar refractivity (Wildman–Crippen MR) is 113 cm³/mol. The molecule has 0 saturated heterocycles. The molecule has 0 aromatic rings. The minimum absolute atomic E-state index is 0.136. The molecule has 0 unspecified atom stereocenters. The van der Waals surface area contributed by atoms with Crippen molar-refractivity contribution in [2.24, 2.45) is 5.92 Å². The second-order valence-electron chi connectivity index (χ2n) is 9.37. The average molecular weight is 383 g/mol. The van der Waals surface area contributed by atoms with Crippen LogP contribution in [0.4, 0.5) is 0 Å². The lowest BCUT2D eigenvalue weighted by molar-refractivity contribution is 0.0120. The maximum Gasteiger partial charge on any atom is 0.188 e. The van der Waals surface area contributed by atoms with Crippen LogP contribution in [0.5, 0.6) is 0 Å². The minimum Gasteiger partial charge on any atom is -0.469 e. The van der Waals surface area contributed by atoms with Crippen LogP contribution in [-0.2, 0) is 9.47 Å². The Kier molecular flexibility index (Phi) is 8.67. The third kappa shape index (κ3) is 5.48. The molecule has 0 radical (unpaired) electrons. The van der Waals surface area contributed by atoms with Crippen LogP contribution in [0.1, 0.15) is 79.6 Å². The topological polar surface area (TPSA) is 38.7 Å². The van der Waals surface area contributed by atoms with Crippen molar-refractivity contribution in [1.29, 1.82) is 0 Å². The molecule has 1 aliphatic carbocycles. The van der Waals surface area contributed by atoms with Gasteiger partial charge in [0.05, 0.1) is 5.60 Å². The van der Waals surface area contributed by atoms with Crippen LogP contribution in [0.25, 0.3) is 0 Å². The van der Waals surface area contributed by atoms with E-state index in [9.17, 15) is 5.11 Å². The maximum atomic E-state index is 11.4. The van der Waals surface area contributed by atoms with Gasteiger partial charge in [-0.1, -0.05) is 72.7 Å². The van der Waals surface area contributed by atoms with Gasteiger partial charge in [0.1, 0.15) is 13.5 Å². The van der Waals surface area contributed by atoms with E-state index in [1.54, 1.807) is 7.11 Å².